The fraction of sp³-hybridized carbons (Fsp3) is 0.0667. The molecule has 3 rings (SSSR count). The van der Waals surface area contributed by atoms with Gasteiger partial charge in [-0.2, -0.15) is 0 Å². The zero-order valence-electron chi connectivity index (χ0n) is 10.5. The molecular weight excluding hydrogens is 333 g/mol. The van der Waals surface area contributed by atoms with E-state index in [0.29, 0.717) is 16.8 Å². The first-order valence-electron chi connectivity index (χ1n) is 6.04. The van der Waals surface area contributed by atoms with Crippen LogP contribution in [0.4, 0.5) is 5.69 Å². The van der Waals surface area contributed by atoms with Gasteiger partial charge in [-0.3, -0.25) is 9.59 Å². The van der Waals surface area contributed by atoms with E-state index in [-0.39, 0.29) is 5.78 Å². The van der Waals surface area contributed by atoms with Gasteiger partial charge in [-0.15, -0.1) is 0 Å². The van der Waals surface area contributed by atoms with Crippen LogP contribution in [0.25, 0.3) is 11.1 Å². The number of ketones is 1. The van der Waals surface area contributed by atoms with Gasteiger partial charge in [-0.05, 0) is 23.3 Å². The summed E-state index contributed by atoms with van der Waals surface area (Å²) >= 11 is 16.5. The molecule has 1 amide bonds. The van der Waals surface area contributed by atoms with Crippen LogP contribution in [0.15, 0.2) is 42.5 Å². The molecule has 1 aliphatic rings. The third-order valence-corrected chi connectivity index (χ3v) is 3.76. The SMILES string of the molecule is O=C1c2ccccc2-c2ccc(NC(=O)C(Cl)(Cl)Cl)cc21. The highest BCUT2D eigenvalue weighted by molar-refractivity contribution is 6.76. The van der Waals surface area contributed by atoms with Crippen molar-refractivity contribution < 1.29 is 9.59 Å². The van der Waals surface area contributed by atoms with Gasteiger partial charge in [0.05, 0.1) is 0 Å². The number of fused-ring (bicyclic) bond motifs is 3. The number of benzene rings is 2. The molecule has 0 unspecified atom stereocenters. The van der Waals surface area contributed by atoms with Crippen LogP contribution in [-0.2, 0) is 4.79 Å². The average Bonchev–Trinajstić information content (AvgIpc) is 2.72. The Kier molecular flexibility index (Phi) is 3.44. The summed E-state index contributed by atoms with van der Waals surface area (Å²) < 4.78 is -2.05. The van der Waals surface area contributed by atoms with Gasteiger partial charge in [0.25, 0.3) is 9.70 Å². The third kappa shape index (κ3) is 2.53. The van der Waals surface area contributed by atoms with Gasteiger partial charge < -0.3 is 5.32 Å². The summed E-state index contributed by atoms with van der Waals surface area (Å²) in [4.78, 5) is 24.0. The Morgan fingerprint density at radius 1 is 0.905 bits per heavy atom. The summed E-state index contributed by atoms with van der Waals surface area (Å²) in [6.07, 6.45) is 0. The van der Waals surface area contributed by atoms with Gasteiger partial charge in [-0.1, -0.05) is 65.1 Å². The molecule has 6 heteroatoms. The molecular formula is C15H8Cl3NO2. The number of alkyl halides is 3. The van der Waals surface area contributed by atoms with Gasteiger partial charge in [0.15, 0.2) is 5.78 Å². The van der Waals surface area contributed by atoms with Crippen molar-refractivity contribution in [1.82, 2.24) is 0 Å². The summed E-state index contributed by atoms with van der Waals surface area (Å²) in [6.45, 7) is 0. The maximum absolute atomic E-state index is 12.3. The van der Waals surface area contributed by atoms with Crippen molar-refractivity contribution in [2.75, 3.05) is 5.32 Å². The molecule has 1 aliphatic carbocycles. The summed E-state index contributed by atoms with van der Waals surface area (Å²) in [7, 11) is 0. The number of halogens is 3. The minimum Gasteiger partial charge on any atom is -0.322 e. The molecule has 0 spiro atoms. The first kappa shape index (κ1) is 14.4. The summed E-state index contributed by atoms with van der Waals surface area (Å²) in [5, 5.41) is 2.47. The maximum atomic E-state index is 12.3. The van der Waals surface area contributed by atoms with Crippen molar-refractivity contribution in [3.05, 3.63) is 53.6 Å². The first-order valence-corrected chi connectivity index (χ1v) is 7.17. The average molecular weight is 341 g/mol. The standard InChI is InChI=1S/C15H8Cl3NO2/c16-15(17,18)14(21)19-8-5-6-10-9-3-1-2-4-11(9)13(20)12(10)7-8/h1-7H,(H,19,21). The number of amides is 1. The monoisotopic (exact) mass is 339 g/mol. The van der Waals surface area contributed by atoms with E-state index >= 15 is 0 Å². The Bertz CT molecular complexity index is 766. The molecule has 106 valence electrons. The number of rotatable bonds is 1. The zero-order chi connectivity index (χ0) is 15.2. The van der Waals surface area contributed by atoms with E-state index in [0.717, 1.165) is 11.1 Å². The molecule has 0 fully saturated rings. The lowest BCUT2D eigenvalue weighted by molar-refractivity contribution is -0.115. The molecule has 0 aromatic heterocycles. The summed E-state index contributed by atoms with van der Waals surface area (Å²) in [6, 6.07) is 12.4. The minimum absolute atomic E-state index is 0.0782. The van der Waals surface area contributed by atoms with Gasteiger partial charge in [0.2, 0.25) is 0 Å². The lowest BCUT2D eigenvalue weighted by Gasteiger charge is -2.12. The van der Waals surface area contributed by atoms with E-state index in [4.69, 9.17) is 34.8 Å². The second-order valence-electron chi connectivity index (χ2n) is 4.59. The Hall–Kier alpha value is -1.55. The fourth-order valence-electron chi connectivity index (χ4n) is 2.31. The zero-order valence-corrected chi connectivity index (χ0v) is 12.8. The van der Waals surface area contributed by atoms with Crippen LogP contribution in [0.2, 0.25) is 0 Å². The second-order valence-corrected chi connectivity index (χ2v) is 6.87. The molecule has 1 N–H and O–H groups in total. The molecule has 3 nitrogen and oxygen atoms in total. The smallest absolute Gasteiger partial charge is 0.276 e. The van der Waals surface area contributed by atoms with E-state index in [9.17, 15) is 9.59 Å². The van der Waals surface area contributed by atoms with Gasteiger partial charge in [-0.25, -0.2) is 0 Å². The van der Waals surface area contributed by atoms with Crippen molar-refractivity contribution >= 4 is 52.2 Å². The van der Waals surface area contributed by atoms with Crippen molar-refractivity contribution in [3.63, 3.8) is 0 Å². The van der Waals surface area contributed by atoms with Gasteiger partial charge >= 0.3 is 0 Å². The van der Waals surface area contributed by atoms with Crippen LogP contribution in [0, 0.1) is 0 Å². The van der Waals surface area contributed by atoms with Crippen LogP contribution >= 0.6 is 34.8 Å². The fourth-order valence-corrected chi connectivity index (χ4v) is 2.45. The molecule has 0 aliphatic heterocycles. The molecule has 0 saturated heterocycles. The Morgan fingerprint density at radius 2 is 1.52 bits per heavy atom. The van der Waals surface area contributed by atoms with Crippen molar-refractivity contribution in [3.8, 4) is 11.1 Å². The topological polar surface area (TPSA) is 46.2 Å². The maximum Gasteiger partial charge on any atom is 0.276 e. The predicted octanol–water partition coefficient (Wildman–Crippen LogP) is 4.21. The van der Waals surface area contributed by atoms with Crippen LogP contribution < -0.4 is 5.32 Å². The molecule has 21 heavy (non-hydrogen) atoms. The number of carbonyl (C=O) groups is 2. The molecule has 0 atom stereocenters. The molecule has 0 bridgehead atoms. The lowest BCUT2D eigenvalue weighted by Crippen LogP contribution is -2.26. The third-order valence-electron chi connectivity index (χ3n) is 3.24. The molecule has 0 radical (unpaired) electrons. The van der Waals surface area contributed by atoms with Crippen molar-refractivity contribution in [1.29, 1.82) is 0 Å². The highest BCUT2D eigenvalue weighted by Crippen LogP contribution is 2.38. The Labute approximate surface area is 135 Å². The van der Waals surface area contributed by atoms with E-state index < -0.39 is 9.70 Å². The highest BCUT2D eigenvalue weighted by atomic mass is 35.6. The van der Waals surface area contributed by atoms with Crippen LogP contribution in [0.1, 0.15) is 15.9 Å². The van der Waals surface area contributed by atoms with E-state index in [1.54, 1.807) is 24.3 Å². The number of hydrogen-bond donors (Lipinski definition) is 1. The quantitative estimate of drug-likeness (QED) is 0.675. The van der Waals surface area contributed by atoms with Crippen LogP contribution in [-0.4, -0.2) is 15.5 Å². The number of anilines is 1. The number of nitrogens with one attached hydrogen (secondary N) is 1. The predicted molar refractivity (Wildman–Crippen MR) is 84.2 cm³/mol. The van der Waals surface area contributed by atoms with Gasteiger partial charge in [0.1, 0.15) is 0 Å². The lowest BCUT2D eigenvalue weighted by atomic mass is 10.1. The number of hydrogen-bond acceptors (Lipinski definition) is 2. The van der Waals surface area contributed by atoms with E-state index in [1.807, 2.05) is 18.2 Å². The Morgan fingerprint density at radius 3 is 2.19 bits per heavy atom. The van der Waals surface area contributed by atoms with Crippen molar-refractivity contribution in [2.45, 2.75) is 3.79 Å². The summed E-state index contributed by atoms with van der Waals surface area (Å²) in [5.41, 5.74) is 3.31. The van der Waals surface area contributed by atoms with Gasteiger partial charge in [0, 0.05) is 16.8 Å². The number of carbonyl (C=O) groups excluding carboxylic acids is 2. The molecule has 2 aromatic rings. The summed E-state index contributed by atoms with van der Waals surface area (Å²) in [5.74, 6) is -0.846. The van der Waals surface area contributed by atoms with Crippen molar-refractivity contribution in [2.24, 2.45) is 0 Å². The molecule has 0 saturated carbocycles. The highest BCUT2D eigenvalue weighted by Gasteiger charge is 2.31. The molecule has 2 aromatic carbocycles. The molecule has 0 heterocycles. The second kappa shape index (κ2) is 5.02. The minimum atomic E-state index is -2.05. The van der Waals surface area contributed by atoms with E-state index in [1.165, 1.54) is 0 Å². The largest absolute Gasteiger partial charge is 0.322 e. The Balaban J connectivity index is 1.98. The first-order chi connectivity index (χ1) is 9.88. The van der Waals surface area contributed by atoms with Crippen LogP contribution in [0.5, 0.6) is 0 Å². The van der Waals surface area contributed by atoms with E-state index in [2.05, 4.69) is 5.32 Å². The normalized spacial score (nSPS) is 12.8. The van der Waals surface area contributed by atoms with Crippen LogP contribution in [0.3, 0.4) is 0 Å².